The van der Waals surface area contributed by atoms with Crippen LogP contribution in [-0.4, -0.2) is 25.9 Å². The fraction of sp³-hybridized carbons (Fsp3) is 0.217. The van der Waals surface area contributed by atoms with Gasteiger partial charge in [-0.25, -0.2) is 4.98 Å². The number of benzene rings is 2. The molecule has 2 aromatic carbocycles. The number of fused-ring (bicyclic) bond motifs is 3. The Bertz CT molecular complexity index is 1250. The average molecular weight is 406 g/mol. The fourth-order valence-corrected chi connectivity index (χ4v) is 4.07. The number of aromatic nitrogens is 3. The van der Waals surface area contributed by atoms with Crippen molar-refractivity contribution < 1.29 is 4.74 Å². The lowest BCUT2D eigenvalue weighted by Gasteiger charge is -2.22. The molecule has 0 aliphatic heterocycles. The molecule has 0 saturated carbocycles. The van der Waals surface area contributed by atoms with Crippen molar-refractivity contribution in [2.75, 3.05) is 5.75 Å². The summed E-state index contributed by atoms with van der Waals surface area (Å²) in [5.41, 5.74) is 2.42. The SMILES string of the molecule is C=C(CSc1nc2c([nH]c3ccccc32)c(=O)n1-c1ccccc1)OC(C)(C)C. The minimum Gasteiger partial charge on any atom is -0.492 e. The molecule has 0 saturated heterocycles. The van der Waals surface area contributed by atoms with Gasteiger partial charge in [-0.05, 0) is 39.0 Å². The highest BCUT2D eigenvalue weighted by Crippen LogP contribution is 2.27. The Hall–Kier alpha value is -2.99. The molecular weight excluding hydrogens is 382 g/mol. The molecule has 29 heavy (non-hydrogen) atoms. The number of nitrogens with zero attached hydrogens (tertiary/aromatic N) is 2. The monoisotopic (exact) mass is 405 g/mol. The van der Waals surface area contributed by atoms with E-state index in [1.54, 1.807) is 4.57 Å². The maximum Gasteiger partial charge on any atom is 0.283 e. The Morgan fingerprint density at radius 2 is 1.83 bits per heavy atom. The third-order valence-electron chi connectivity index (χ3n) is 4.32. The van der Waals surface area contributed by atoms with Gasteiger partial charge in [-0.2, -0.15) is 0 Å². The van der Waals surface area contributed by atoms with Crippen LogP contribution in [0.5, 0.6) is 0 Å². The van der Waals surface area contributed by atoms with E-state index in [4.69, 9.17) is 9.72 Å². The van der Waals surface area contributed by atoms with Crippen molar-refractivity contribution >= 4 is 33.7 Å². The predicted octanol–water partition coefficient (Wildman–Crippen LogP) is 5.29. The van der Waals surface area contributed by atoms with Crippen LogP contribution >= 0.6 is 11.8 Å². The summed E-state index contributed by atoms with van der Waals surface area (Å²) in [6.07, 6.45) is 0. The van der Waals surface area contributed by atoms with Gasteiger partial charge in [-0.1, -0.05) is 54.7 Å². The predicted molar refractivity (Wildman–Crippen MR) is 120 cm³/mol. The first-order chi connectivity index (χ1) is 13.8. The van der Waals surface area contributed by atoms with Crippen LogP contribution in [0.2, 0.25) is 0 Å². The molecule has 0 aliphatic carbocycles. The number of hydrogen-bond donors (Lipinski definition) is 1. The molecule has 5 nitrogen and oxygen atoms in total. The van der Waals surface area contributed by atoms with Crippen molar-refractivity contribution in [1.29, 1.82) is 0 Å². The zero-order valence-electron chi connectivity index (χ0n) is 16.7. The molecule has 0 spiro atoms. The van der Waals surface area contributed by atoms with Crippen LogP contribution in [0.15, 0.2) is 76.9 Å². The van der Waals surface area contributed by atoms with Crippen LogP contribution in [0.1, 0.15) is 20.8 Å². The second-order valence-corrected chi connectivity index (χ2v) is 8.75. The lowest BCUT2D eigenvalue weighted by Crippen LogP contribution is -2.22. The molecule has 0 fully saturated rings. The minimum atomic E-state index is -0.315. The molecule has 4 aromatic rings. The van der Waals surface area contributed by atoms with Crippen LogP contribution in [0.25, 0.3) is 27.6 Å². The van der Waals surface area contributed by atoms with Gasteiger partial charge in [-0.3, -0.25) is 9.36 Å². The summed E-state index contributed by atoms with van der Waals surface area (Å²) in [4.78, 5) is 21.5. The van der Waals surface area contributed by atoms with Crippen LogP contribution in [0.3, 0.4) is 0 Å². The highest BCUT2D eigenvalue weighted by molar-refractivity contribution is 7.99. The Balaban J connectivity index is 1.85. The molecule has 0 atom stereocenters. The van der Waals surface area contributed by atoms with Gasteiger partial charge >= 0.3 is 0 Å². The first kappa shape index (κ1) is 19.3. The average Bonchev–Trinajstić information content (AvgIpc) is 3.05. The molecule has 6 heteroatoms. The molecule has 0 unspecified atom stereocenters. The standard InChI is InChI=1S/C23H23N3O2S/c1-15(28-23(2,3)4)14-29-22-25-19-17-12-8-9-13-18(17)24-20(19)21(27)26(22)16-10-6-5-7-11-16/h5-13,24H,1,14H2,2-4H3. The van der Waals surface area contributed by atoms with E-state index in [0.29, 0.717) is 27.7 Å². The van der Waals surface area contributed by atoms with E-state index in [1.165, 1.54) is 11.8 Å². The minimum absolute atomic E-state index is 0.123. The highest BCUT2D eigenvalue weighted by Gasteiger charge is 2.18. The Morgan fingerprint density at radius 1 is 1.14 bits per heavy atom. The molecular formula is C23H23N3O2S. The normalized spacial score (nSPS) is 11.8. The van der Waals surface area contributed by atoms with E-state index in [0.717, 1.165) is 16.6 Å². The van der Waals surface area contributed by atoms with Gasteiger partial charge in [0.2, 0.25) is 0 Å². The number of thioether (sulfide) groups is 1. The smallest absolute Gasteiger partial charge is 0.283 e. The van der Waals surface area contributed by atoms with E-state index in [-0.39, 0.29) is 11.2 Å². The quantitative estimate of drug-likeness (QED) is 0.278. The van der Waals surface area contributed by atoms with Crippen molar-refractivity contribution in [3.05, 3.63) is 77.3 Å². The number of nitrogens with one attached hydrogen (secondary N) is 1. The van der Waals surface area contributed by atoms with Crippen LogP contribution in [0.4, 0.5) is 0 Å². The summed E-state index contributed by atoms with van der Waals surface area (Å²) in [6, 6.07) is 17.4. The molecule has 2 heterocycles. The van der Waals surface area contributed by atoms with Crippen molar-refractivity contribution in [2.24, 2.45) is 0 Å². The van der Waals surface area contributed by atoms with E-state index in [9.17, 15) is 4.79 Å². The summed E-state index contributed by atoms with van der Waals surface area (Å²) in [6.45, 7) is 9.97. The lowest BCUT2D eigenvalue weighted by atomic mass is 10.2. The Labute approximate surface area is 173 Å². The van der Waals surface area contributed by atoms with Gasteiger partial charge in [-0.15, -0.1) is 0 Å². The molecule has 2 aromatic heterocycles. The number of H-pyrrole nitrogens is 1. The van der Waals surface area contributed by atoms with Crippen molar-refractivity contribution in [1.82, 2.24) is 14.5 Å². The van der Waals surface area contributed by atoms with Gasteiger partial charge in [0.05, 0.1) is 17.2 Å². The Kier molecular flexibility index (Phi) is 4.96. The second kappa shape index (κ2) is 7.44. The van der Waals surface area contributed by atoms with Crippen molar-refractivity contribution in [3.8, 4) is 5.69 Å². The molecule has 4 rings (SSSR count). The third kappa shape index (κ3) is 3.93. The zero-order chi connectivity index (χ0) is 20.6. The number of aromatic amines is 1. The molecule has 148 valence electrons. The summed E-state index contributed by atoms with van der Waals surface area (Å²) in [7, 11) is 0. The maximum atomic E-state index is 13.4. The van der Waals surface area contributed by atoms with Gasteiger partial charge < -0.3 is 9.72 Å². The molecule has 0 radical (unpaired) electrons. The number of hydrogen-bond acceptors (Lipinski definition) is 4. The number of ether oxygens (including phenoxy) is 1. The third-order valence-corrected chi connectivity index (χ3v) is 5.32. The van der Waals surface area contributed by atoms with Gasteiger partial charge in [0.15, 0.2) is 5.16 Å². The van der Waals surface area contributed by atoms with Crippen molar-refractivity contribution in [2.45, 2.75) is 31.5 Å². The van der Waals surface area contributed by atoms with Gasteiger partial charge in [0.1, 0.15) is 16.6 Å². The molecule has 0 aliphatic rings. The summed E-state index contributed by atoms with van der Waals surface area (Å²) in [5, 5.41) is 1.54. The van der Waals surface area contributed by atoms with E-state index < -0.39 is 0 Å². The van der Waals surface area contributed by atoms with Crippen molar-refractivity contribution in [3.63, 3.8) is 0 Å². The van der Waals surface area contributed by atoms with E-state index in [2.05, 4.69) is 11.6 Å². The lowest BCUT2D eigenvalue weighted by molar-refractivity contribution is 0.0555. The summed E-state index contributed by atoms with van der Waals surface area (Å²) < 4.78 is 7.49. The second-order valence-electron chi connectivity index (χ2n) is 7.81. The summed E-state index contributed by atoms with van der Waals surface area (Å²) >= 11 is 1.45. The first-order valence-corrected chi connectivity index (χ1v) is 10.4. The zero-order valence-corrected chi connectivity index (χ0v) is 17.5. The first-order valence-electron chi connectivity index (χ1n) is 9.42. The highest BCUT2D eigenvalue weighted by atomic mass is 32.2. The Morgan fingerprint density at radius 3 is 2.55 bits per heavy atom. The number of para-hydroxylation sites is 2. The van der Waals surface area contributed by atoms with Crippen LogP contribution < -0.4 is 5.56 Å². The largest absolute Gasteiger partial charge is 0.492 e. The fourth-order valence-electron chi connectivity index (χ4n) is 3.25. The molecule has 1 N–H and O–H groups in total. The van der Waals surface area contributed by atoms with E-state index >= 15 is 0 Å². The number of rotatable bonds is 5. The maximum absolute atomic E-state index is 13.4. The van der Waals surface area contributed by atoms with Crippen LogP contribution in [-0.2, 0) is 4.74 Å². The van der Waals surface area contributed by atoms with Crippen LogP contribution in [0, 0.1) is 0 Å². The molecule has 0 bridgehead atoms. The van der Waals surface area contributed by atoms with Gasteiger partial charge in [0, 0.05) is 10.9 Å². The van der Waals surface area contributed by atoms with Gasteiger partial charge in [0.25, 0.3) is 5.56 Å². The topological polar surface area (TPSA) is 59.9 Å². The summed E-state index contributed by atoms with van der Waals surface area (Å²) in [5.74, 6) is 1.15. The van der Waals surface area contributed by atoms with E-state index in [1.807, 2.05) is 75.4 Å². The molecule has 0 amide bonds.